The average Bonchev–Trinajstić information content (AvgIpc) is 2.26. The van der Waals surface area contributed by atoms with Gasteiger partial charge in [-0.25, -0.2) is 0 Å². The summed E-state index contributed by atoms with van der Waals surface area (Å²) in [4.78, 5) is 11.2. The van der Waals surface area contributed by atoms with E-state index in [9.17, 15) is 9.90 Å². The van der Waals surface area contributed by atoms with E-state index < -0.39 is 12.0 Å². The maximum Gasteiger partial charge on any atom is 0.250 e. The molecule has 0 spiro atoms. The number of carbonyl (C=O) groups is 1. The molecule has 1 aromatic rings. The minimum absolute atomic E-state index is 0.128. The second kappa shape index (κ2) is 6.08. The molecule has 16 heavy (non-hydrogen) atoms. The Bertz CT molecular complexity index is 387. The summed E-state index contributed by atoms with van der Waals surface area (Å²) in [6, 6.07) is 5.11. The summed E-state index contributed by atoms with van der Waals surface area (Å²) in [6.45, 7) is 0.256. The number of primary amides is 1. The highest BCUT2D eigenvalue weighted by molar-refractivity contribution is 9.10. The number of hydrogen-bond acceptors (Lipinski definition) is 3. The normalized spacial score (nSPS) is 12.2. The van der Waals surface area contributed by atoms with Crippen LogP contribution in [0.15, 0.2) is 22.7 Å². The van der Waals surface area contributed by atoms with Crippen molar-refractivity contribution in [3.05, 3.63) is 28.2 Å². The van der Waals surface area contributed by atoms with Crippen molar-refractivity contribution in [2.45, 2.75) is 6.10 Å². The first-order valence-corrected chi connectivity index (χ1v) is 5.95. The molecule has 1 rings (SSSR count). The van der Waals surface area contributed by atoms with E-state index in [2.05, 4.69) is 21.2 Å². The first-order chi connectivity index (χ1) is 7.56. The average molecular weight is 308 g/mol. The quantitative estimate of drug-likeness (QED) is 0.723. The molecule has 0 fully saturated rings. The molecule has 0 bridgehead atoms. The third kappa shape index (κ3) is 3.37. The van der Waals surface area contributed by atoms with Crippen molar-refractivity contribution in [2.75, 3.05) is 17.7 Å². The molecule has 0 aliphatic rings. The molecule has 6 heteroatoms. The molecule has 0 heterocycles. The molecule has 0 aromatic heterocycles. The second-order valence-electron chi connectivity index (χ2n) is 3.22. The predicted molar refractivity (Wildman–Crippen MR) is 67.9 cm³/mol. The Hall–Kier alpha value is -0.780. The van der Waals surface area contributed by atoms with Crippen LogP contribution in [0.5, 0.6) is 0 Å². The molecule has 4 nitrogen and oxygen atoms in total. The Morgan fingerprint density at radius 3 is 2.88 bits per heavy atom. The number of para-hydroxylation sites is 1. The Morgan fingerprint density at radius 2 is 2.31 bits per heavy atom. The summed E-state index contributed by atoms with van der Waals surface area (Å²) >= 11 is 8.77. The van der Waals surface area contributed by atoms with Gasteiger partial charge in [0.05, 0.1) is 23.2 Å². The summed E-state index contributed by atoms with van der Waals surface area (Å²) in [6.07, 6.45) is -0.672. The molecular weight excluding hydrogens is 295 g/mol. The fraction of sp³-hybridized carbons (Fsp3) is 0.300. The van der Waals surface area contributed by atoms with Gasteiger partial charge in [0.15, 0.2) is 0 Å². The minimum Gasteiger partial charge on any atom is -0.390 e. The van der Waals surface area contributed by atoms with E-state index >= 15 is 0 Å². The van der Waals surface area contributed by atoms with Gasteiger partial charge < -0.3 is 16.2 Å². The number of nitrogens with two attached hydrogens (primary N) is 1. The standard InChI is InChI=1S/C10H12BrClN2O2/c11-8-3-1-2-7(10(13)16)9(8)14-5-6(15)4-12/h1-3,6,14-15H,4-5H2,(H2,13,16). The summed E-state index contributed by atoms with van der Waals surface area (Å²) in [5.41, 5.74) is 6.17. The number of benzene rings is 1. The van der Waals surface area contributed by atoms with Crippen LogP contribution in [-0.2, 0) is 0 Å². The summed E-state index contributed by atoms with van der Waals surface area (Å²) in [5, 5.41) is 12.2. The van der Waals surface area contributed by atoms with E-state index in [1.54, 1.807) is 18.2 Å². The molecular formula is C10H12BrClN2O2. The topological polar surface area (TPSA) is 75.4 Å². The number of aliphatic hydroxyl groups is 1. The highest BCUT2D eigenvalue weighted by Crippen LogP contribution is 2.26. The van der Waals surface area contributed by atoms with Gasteiger partial charge in [0.2, 0.25) is 0 Å². The third-order valence-corrected chi connectivity index (χ3v) is 2.99. The van der Waals surface area contributed by atoms with Gasteiger partial charge in [0.25, 0.3) is 5.91 Å². The maximum atomic E-state index is 11.2. The highest BCUT2D eigenvalue weighted by Gasteiger charge is 2.12. The largest absolute Gasteiger partial charge is 0.390 e. The van der Waals surface area contributed by atoms with Crippen molar-refractivity contribution >= 4 is 39.1 Å². The number of nitrogens with one attached hydrogen (secondary N) is 1. The van der Waals surface area contributed by atoms with E-state index in [0.29, 0.717) is 15.7 Å². The number of anilines is 1. The van der Waals surface area contributed by atoms with Crippen molar-refractivity contribution in [3.8, 4) is 0 Å². The zero-order valence-corrected chi connectivity index (χ0v) is 10.8. The van der Waals surface area contributed by atoms with Crippen LogP contribution in [0.1, 0.15) is 10.4 Å². The molecule has 0 radical (unpaired) electrons. The summed E-state index contributed by atoms with van der Waals surface area (Å²) in [7, 11) is 0. The molecule has 0 aliphatic carbocycles. The van der Waals surface area contributed by atoms with Gasteiger partial charge >= 0.3 is 0 Å². The Kier molecular flexibility index (Phi) is 5.05. The Morgan fingerprint density at radius 1 is 1.62 bits per heavy atom. The number of halogens is 2. The minimum atomic E-state index is -0.672. The van der Waals surface area contributed by atoms with E-state index in [1.165, 1.54) is 0 Å². The second-order valence-corrected chi connectivity index (χ2v) is 4.38. The fourth-order valence-corrected chi connectivity index (χ4v) is 1.80. The lowest BCUT2D eigenvalue weighted by Crippen LogP contribution is -2.23. The number of alkyl halides is 1. The van der Waals surface area contributed by atoms with Crippen LogP contribution in [0.4, 0.5) is 5.69 Å². The van der Waals surface area contributed by atoms with Crippen LogP contribution in [0.2, 0.25) is 0 Å². The van der Waals surface area contributed by atoms with E-state index in [-0.39, 0.29) is 12.4 Å². The lowest BCUT2D eigenvalue weighted by molar-refractivity contribution is 0.100. The SMILES string of the molecule is NC(=O)c1cccc(Br)c1NCC(O)CCl. The van der Waals surface area contributed by atoms with E-state index in [4.69, 9.17) is 17.3 Å². The van der Waals surface area contributed by atoms with Crippen LogP contribution < -0.4 is 11.1 Å². The lowest BCUT2D eigenvalue weighted by Gasteiger charge is -2.14. The number of aliphatic hydroxyl groups excluding tert-OH is 1. The first-order valence-electron chi connectivity index (χ1n) is 4.62. The molecule has 0 aliphatic heterocycles. The van der Waals surface area contributed by atoms with Crippen molar-refractivity contribution < 1.29 is 9.90 Å². The molecule has 4 N–H and O–H groups in total. The van der Waals surface area contributed by atoms with Gasteiger partial charge in [-0.2, -0.15) is 0 Å². The molecule has 1 aromatic carbocycles. The number of amides is 1. The summed E-state index contributed by atoms with van der Waals surface area (Å²) in [5.74, 6) is -0.396. The van der Waals surface area contributed by atoms with Gasteiger partial charge in [-0.15, -0.1) is 11.6 Å². The van der Waals surface area contributed by atoms with Crippen molar-refractivity contribution in [3.63, 3.8) is 0 Å². The summed E-state index contributed by atoms with van der Waals surface area (Å²) < 4.78 is 0.713. The lowest BCUT2D eigenvalue weighted by atomic mass is 10.1. The van der Waals surface area contributed by atoms with Crippen molar-refractivity contribution in [2.24, 2.45) is 5.73 Å². The van der Waals surface area contributed by atoms with E-state index in [0.717, 1.165) is 0 Å². The van der Waals surface area contributed by atoms with E-state index in [1.807, 2.05) is 0 Å². The predicted octanol–water partition coefficient (Wildman–Crippen LogP) is 1.56. The Labute approximate surface area is 107 Å². The van der Waals surface area contributed by atoms with Crippen LogP contribution >= 0.6 is 27.5 Å². The fourth-order valence-electron chi connectivity index (χ4n) is 1.18. The molecule has 88 valence electrons. The van der Waals surface area contributed by atoms with Gasteiger partial charge in [-0.3, -0.25) is 4.79 Å². The van der Waals surface area contributed by atoms with Crippen LogP contribution in [0, 0.1) is 0 Å². The zero-order valence-electron chi connectivity index (χ0n) is 8.41. The van der Waals surface area contributed by atoms with Crippen molar-refractivity contribution in [1.82, 2.24) is 0 Å². The molecule has 0 saturated heterocycles. The van der Waals surface area contributed by atoms with Crippen LogP contribution in [0.3, 0.4) is 0 Å². The van der Waals surface area contributed by atoms with Gasteiger partial charge in [0.1, 0.15) is 0 Å². The Balaban J connectivity index is 2.88. The van der Waals surface area contributed by atoms with Gasteiger partial charge in [-0.05, 0) is 28.1 Å². The number of carbonyl (C=O) groups excluding carboxylic acids is 1. The smallest absolute Gasteiger partial charge is 0.250 e. The van der Waals surface area contributed by atoms with Gasteiger partial charge in [-0.1, -0.05) is 6.07 Å². The molecule has 1 atom stereocenters. The maximum absolute atomic E-state index is 11.2. The monoisotopic (exact) mass is 306 g/mol. The van der Waals surface area contributed by atoms with Crippen LogP contribution in [0.25, 0.3) is 0 Å². The molecule has 0 saturated carbocycles. The number of rotatable bonds is 5. The third-order valence-electron chi connectivity index (χ3n) is 1.97. The zero-order chi connectivity index (χ0) is 12.1. The molecule has 1 unspecified atom stereocenters. The van der Waals surface area contributed by atoms with Crippen LogP contribution in [-0.4, -0.2) is 29.5 Å². The van der Waals surface area contributed by atoms with Crippen molar-refractivity contribution in [1.29, 1.82) is 0 Å². The first kappa shape index (κ1) is 13.3. The molecule has 1 amide bonds. The number of hydrogen-bond donors (Lipinski definition) is 3. The highest BCUT2D eigenvalue weighted by atomic mass is 79.9. The van der Waals surface area contributed by atoms with Gasteiger partial charge in [0, 0.05) is 11.0 Å².